The summed E-state index contributed by atoms with van der Waals surface area (Å²) in [6, 6.07) is 17.0. The monoisotopic (exact) mass is 406 g/mol. The van der Waals surface area contributed by atoms with Crippen LogP contribution in [-0.2, 0) is 25.6 Å². The van der Waals surface area contributed by atoms with Gasteiger partial charge in [-0.25, -0.2) is 0 Å². The molecule has 0 aliphatic carbocycles. The lowest BCUT2D eigenvalue weighted by Gasteiger charge is -2.17. The minimum Gasteiger partial charge on any atom is -0.468 e. The van der Waals surface area contributed by atoms with Gasteiger partial charge in [-0.15, -0.1) is 0 Å². The molecular formula is C22H22N4O4. The van der Waals surface area contributed by atoms with Crippen molar-refractivity contribution in [2.75, 3.05) is 14.2 Å². The van der Waals surface area contributed by atoms with Gasteiger partial charge in [0, 0.05) is 28.6 Å². The summed E-state index contributed by atoms with van der Waals surface area (Å²) >= 11 is 0. The van der Waals surface area contributed by atoms with Gasteiger partial charge < -0.3 is 14.0 Å². The average Bonchev–Trinajstić information content (AvgIpc) is 3.14. The molecular weight excluding hydrogens is 384 g/mol. The Balaban J connectivity index is 2.04. The first-order valence-corrected chi connectivity index (χ1v) is 9.40. The van der Waals surface area contributed by atoms with E-state index in [0.29, 0.717) is 6.54 Å². The van der Waals surface area contributed by atoms with E-state index in [0.717, 1.165) is 22.0 Å². The van der Waals surface area contributed by atoms with Crippen molar-refractivity contribution in [1.29, 1.82) is 0 Å². The predicted molar refractivity (Wildman–Crippen MR) is 112 cm³/mol. The number of azide groups is 1. The van der Waals surface area contributed by atoms with Gasteiger partial charge in [0.15, 0.2) is 5.92 Å². The van der Waals surface area contributed by atoms with Crippen LogP contribution in [0.25, 0.3) is 21.3 Å². The van der Waals surface area contributed by atoms with Crippen molar-refractivity contribution < 1.29 is 19.1 Å². The molecule has 0 saturated carbocycles. The number of aromatic nitrogens is 1. The molecule has 0 saturated heterocycles. The van der Waals surface area contributed by atoms with E-state index < -0.39 is 23.9 Å². The van der Waals surface area contributed by atoms with Gasteiger partial charge >= 0.3 is 11.9 Å². The van der Waals surface area contributed by atoms with Crippen LogP contribution in [0.5, 0.6) is 0 Å². The fraction of sp³-hybridized carbons (Fsp3) is 0.273. The molecule has 30 heavy (non-hydrogen) atoms. The van der Waals surface area contributed by atoms with Crippen LogP contribution < -0.4 is 0 Å². The summed E-state index contributed by atoms with van der Waals surface area (Å²) in [7, 11) is 2.40. The van der Waals surface area contributed by atoms with Crippen LogP contribution in [0, 0.1) is 5.92 Å². The van der Waals surface area contributed by atoms with Crippen molar-refractivity contribution in [3.8, 4) is 0 Å². The summed E-state index contributed by atoms with van der Waals surface area (Å²) in [5, 5.41) is 4.78. The van der Waals surface area contributed by atoms with E-state index in [4.69, 9.17) is 15.0 Å². The second kappa shape index (κ2) is 9.62. The van der Waals surface area contributed by atoms with Crippen molar-refractivity contribution in [3.05, 3.63) is 82.4 Å². The highest BCUT2D eigenvalue weighted by Crippen LogP contribution is 2.34. The van der Waals surface area contributed by atoms with Gasteiger partial charge in [0.25, 0.3) is 0 Å². The zero-order valence-corrected chi connectivity index (χ0v) is 16.8. The van der Waals surface area contributed by atoms with Crippen LogP contribution in [0.4, 0.5) is 0 Å². The van der Waals surface area contributed by atoms with Gasteiger partial charge in [-0.1, -0.05) is 53.6 Å². The number of hydrogen-bond acceptors (Lipinski definition) is 5. The number of carbonyl (C=O) groups is 2. The van der Waals surface area contributed by atoms with Crippen molar-refractivity contribution in [2.24, 2.45) is 11.0 Å². The van der Waals surface area contributed by atoms with Crippen molar-refractivity contribution in [3.63, 3.8) is 0 Å². The normalized spacial score (nSPS) is 11.7. The second-order valence-corrected chi connectivity index (χ2v) is 6.77. The third-order valence-corrected chi connectivity index (χ3v) is 5.00. The number of nitrogens with zero attached hydrogens (tertiary/aromatic N) is 4. The van der Waals surface area contributed by atoms with Crippen LogP contribution >= 0.6 is 0 Å². The van der Waals surface area contributed by atoms with E-state index in [9.17, 15) is 9.59 Å². The predicted octanol–water partition coefficient (Wildman–Crippen LogP) is 4.39. The Kier molecular flexibility index (Phi) is 6.72. The van der Waals surface area contributed by atoms with Gasteiger partial charge in [-0.3, -0.25) is 9.59 Å². The first-order chi connectivity index (χ1) is 14.6. The Bertz CT molecular complexity index is 1070. The highest BCUT2D eigenvalue weighted by molar-refractivity contribution is 5.95. The zero-order valence-electron chi connectivity index (χ0n) is 16.8. The number of ether oxygens (including phenoxy) is 2. The summed E-state index contributed by atoms with van der Waals surface area (Å²) in [4.78, 5) is 27.2. The summed E-state index contributed by atoms with van der Waals surface area (Å²) in [5.74, 6) is -2.65. The molecule has 8 heteroatoms. The molecule has 0 spiro atoms. The van der Waals surface area contributed by atoms with E-state index in [1.807, 2.05) is 60.8 Å². The number of rotatable bonds is 8. The molecule has 0 aliphatic heterocycles. The molecule has 1 unspecified atom stereocenters. The fourth-order valence-electron chi connectivity index (χ4n) is 3.55. The minimum absolute atomic E-state index is 0.0528. The Labute approximate surface area is 173 Å². The summed E-state index contributed by atoms with van der Waals surface area (Å²) in [6.07, 6.45) is 1.85. The lowest BCUT2D eigenvalue weighted by molar-refractivity contribution is -0.159. The highest BCUT2D eigenvalue weighted by Gasteiger charge is 2.33. The third kappa shape index (κ3) is 4.45. The van der Waals surface area contributed by atoms with Crippen LogP contribution in [0.1, 0.15) is 23.6 Å². The maximum Gasteiger partial charge on any atom is 0.320 e. The highest BCUT2D eigenvalue weighted by atomic mass is 16.5. The number of hydrogen-bond donors (Lipinski definition) is 0. The first kappa shape index (κ1) is 21.0. The molecule has 3 aromatic rings. The number of benzene rings is 2. The molecule has 0 N–H and O–H groups in total. The van der Waals surface area contributed by atoms with E-state index in [2.05, 4.69) is 14.6 Å². The van der Waals surface area contributed by atoms with Crippen LogP contribution in [0.2, 0.25) is 0 Å². The molecule has 0 bridgehead atoms. The third-order valence-electron chi connectivity index (χ3n) is 5.00. The van der Waals surface area contributed by atoms with Gasteiger partial charge in [0.05, 0.1) is 20.3 Å². The number of esters is 2. The summed E-state index contributed by atoms with van der Waals surface area (Å²) in [5.41, 5.74) is 11.9. The van der Waals surface area contributed by atoms with Gasteiger partial charge in [0.2, 0.25) is 0 Å². The van der Waals surface area contributed by atoms with Crippen LogP contribution in [-0.4, -0.2) is 30.7 Å². The fourth-order valence-corrected chi connectivity index (χ4v) is 3.55. The Morgan fingerprint density at radius 3 is 2.30 bits per heavy atom. The molecule has 0 aliphatic rings. The van der Waals surface area contributed by atoms with E-state index in [-0.39, 0.29) is 6.42 Å². The quantitative estimate of drug-likeness (QED) is 0.182. The first-order valence-electron chi connectivity index (χ1n) is 9.40. The largest absolute Gasteiger partial charge is 0.468 e. The van der Waals surface area contributed by atoms with Gasteiger partial charge in [-0.2, -0.15) is 0 Å². The molecule has 154 valence electrons. The molecule has 0 amide bonds. The zero-order chi connectivity index (χ0) is 21.5. The number of carbonyl (C=O) groups excluding carboxylic acids is 2. The molecule has 1 aromatic heterocycles. The van der Waals surface area contributed by atoms with E-state index in [1.165, 1.54) is 14.2 Å². The molecule has 8 nitrogen and oxygen atoms in total. The van der Waals surface area contributed by atoms with Gasteiger partial charge in [0.1, 0.15) is 0 Å². The maximum absolute atomic E-state index is 12.1. The number of methoxy groups -OCH3 is 2. The number of fused-ring (bicyclic) bond motifs is 1. The van der Waals surface area contributed by atoms with Crippen molar-refractivity contribution in [1.82, 2.24) is 4.57 Å². The Morgan fingerprint density at radius 1 is 1.03 bits per heavy atom. The topological polar surface area (TPSA) is 106 Å². The van der Waals surface area contributed by atoms with Crippen molar-refractivity contribution >= 4 is 22.8 Å². The van der Waals surface area contributed by atoms with Gasteiger partial charge in [-0.05, 0) is 29.1 Å². The molecule has 1 heterocycles. The van der Waals surface area contributed by atoms with Crippen LogP contribution in [0.15, 0.2) is 65.9 Å². The molecule has 0 radical (unpaired) electrons. The number of para-hydroxylation sites is 1. The average molecular weight is 406 g/mol. The molecule has 2 aromatic carbocycles. The van der Waals surface area contributed by atoms with Crippen LogP contribution in [0.3, 0.4) is 0 Å². The molecule has 1 atom stereocenters. The van der Waals surface area contributed by atoms with E-state index in [1.54, 1.807) is 0 Å². The lowest BCUT2D eigenvalue weighted by atomic mass is 9.95. The van der Waals surface area contributed by atoms with E-state index >= 15 is 0 Å². The summed E-state index contributed by atoms with van der Waals surface area (Å²) in [6.45, 7) is 0.627. The maximum atomic E-state index is 12.1. The SMILES string of the molecule is COC(=O)C(CC(N=[N+]=[N-])c1cn(Cc2ccccc2)c2ccccc12)C(=O)OC. The Hall–Kier alpha value is -3.77. The second-order valence-electron chi connectivity index (χ2n) is 6.77. The Morgan fingerprint density at radius 2 is 1.67 bits per heavy atom. The van der Waals surface area contributed by atoms with Crippen molar-refractivity contribution in [2.45, 2.75) is 19.0 Å². The smallest absolute Gasteiger partial charge is 0.320 e. The lowest BCUT2D eigenvalue weighted by Crippen LogP contribution is -2.28. The minimum atomic E-state index is -1.19. The molecule has 0 fully saturated rings. The molecule has 3 rings (SSSR count). The summed E-state index contributed by atoms with van der Waals surface area (Å²) < 4.78 is 11.5. The standard InChI is InChI=1S/C22H22N4O4/c1-29-21(27)17(22(28)30-2)12-19(24-25-23)18-14-26(13-15-8-4-3-5-9-15)20-11-7-6-10-16(18)20/h3-11,14,17,19H,12-13H2,1-2H3.